The average Bonchev–Trinajstić information content (AvgIpc) is 2.69. The van der Waals surface area contributed by atoms with E-state index in [9.17, 15) is 4.79 Å². The van der Waals surface area contributed by atoms with Crippen LogP contribution in [0.3, 0.4) is 0 Å². The molecular weight excluding hydrogens is 214 g/mol. The molecule has 0 aliphatic carbocycles. The molecule has 1 aromatic rings. The molecule has 1 aromatic heterocycles. The Labute approximate surface area is 96.6 Å². The maximum absolute atomic E-state index is 11.7. The van der Waals surface area contributed by atoms with E-state index in [4.69, 9.17) is 4.42 Å². The molecule has 0 bridgehead atoms. The van der Waals surface area contributed by atoms with Crippen molar-refractivity contribution in [2.75, 3.05) is 0 Å². The molecule has 1 N–H and O–H groups in total. The van der Waals surface area contributed by atoms with Crippen LogP contribution in [-0.2, 0) is 0 Å². The van der Waals surface area contributed by atoms with E-state index in [0.717, 1.165) is 6.42 Å². The number of rotatable bonds is 5. The van der Waals surface area contributed by atoms with E-state index in [-0.39, 0.29) is 24.2 Å². The summed E-state index contributed by atoms with van der Waals surface area (Å²) in [6.07, 6.45) is 2.53. The predicted octanol–water partition coefficient (Wildman–Crippen LogP) is 2.66. The summed E-state index contributed by atoms with van der Waals surface area (Å²) >= 11 is 0. The molecule has 0 saturated carbocycles. The molecule has 15 heavy (non-hydrogen) atoms. The summed E-state index contributed by atoms with van der Waals surface area (Å²) in [7, 11) is 0. The first-order chi connectivity index (χ1) is 6.65. The standard InChI is InChI=1S/C11H17NO2.ClH/c1-4-8(2)12-9(3)11(13)10-6-5-7-14-10;/h5-9,12H,4H2,1-3H3;1H. The number of hydrogen-bond donors (Lipinski definition) is 1. The third-order valence-electron chi connectivity index (χ3n) is 2.30. The number of nitrogens with one attached hydrogen (secondary N) is 1. The minimum absolute atomic E-state index is 0. The van der Waals surface area contributed by atoms with Gasteiger partial charge in [-0.1, -0.05) is 6.92 Å². The zero-order valence-corrected chi connectivity index (χ0v) is 10.1. The molecule has 0 saturated heterocycles. The summed E-state index contributed by atoms with van der Waals surface area (Å²) in [5, 5.41) is 3.21. The Morgan fingerprint density at radius 2 is 2.20 bits per heavy atom. The summed E-state index contributed by atoms with van der Waals surface area (Å²) in [4.78, 5) is 11.7. The second-order valence-electron chi connectivity index (χ2n) is 3.54. The van der Waals surface area contributed by atoms with Crippen molar-refractivity contribution in [3.05, 3.63) is 24.2 Å². The molecule has 0 amide bonds. The zero-order chi connectivity index (χ0) is 10.6. The third kappa shape index (κ3) is 4.06. The highest BCUT2D eigenvalue weighted by Crippen LogP contribution is 2.05. The second kappa shape index (κ2) is 6.64. The quantitative estimate of drug-likeness (QED) is 0.793. The van der Waals surface area contributed by atoms with Crippen molar-refractivity contribution in [3.63, 3.8) is 0 Å². The predicted molar refractivity (Wildman–Crippen MR) is 62.6 cm³/mol. The number of ketones is 1. The van der Waals surface area contributed by atoms with Crippen molar-refractivity contribution in [2.45, 2.75) is 39.3 Å². The van der Waals surface area contributed by atoms with Crippen molar-refractivity contribution in [1.82, 2.24) is 5.32 Å². The van der Waals surface area contributed by atoms with Gasteiger partial charge in [-0.25, -0.2) is 0 Å². The molecule has 0 radical (unpaired) electrons. The van der Waals surface area contributed by atoms with Gasteiger partial charge in [0.25, 0.3) is 0 Å². The molecule has 0 aliphatic heterocycles. The lowest BCUT2D eigenvalue weighted by molar-refractivity contribution is 0.0917. The van der Waals surface area contributed by atoms with E-state index in [0.29, 0.717) is 11.8 Å². The van der Waals surface area contributed by atoms with Crippen LogP contribution >= 0.6 is 12.4 Å². The Balaban J connectivity index is 0.00000196. The highest BCUT2D eigenvalue weighted by atomic mass is 35.5. The molecule has 4 heteroatoms. The highest BCUT2D eigenvalue weighted by Gasteiger charge is 2.18. The number of carbonyl (C=O) groups is 1. The van der Waals surface area contributed by atoms with Crippen molar-refractivity contribution in [3.8, 4) is 0 Å². The van der Waals surface area contributed by atoms with Crippen molar-refractivity contribution >= 4 is 18.2 Å². The van der Waals surface area contributed by atoms with Crippen molar-refractivity contribution in [1.29, 1.82) is 0 Å². The second-order valence-corrected chi connectivity index (χ2v) is 3.54. The van der Waals surface area contributed by atoms with E-state index < -0.39 is 0 Å². The smallest absolute Gasteiger partial charge is 0.214 e. The minimum atomic E-state index is -0.184. The summed E-state index contributed by atoms with van der Waals surface area (Å²) in [5.41, 5.74) is 0. The highest BCUT2D eigenvalue weighted by molar-refractivity contribution is 5.97. The minimum Gasteiger partial charge on any atom is -0.461 e. The van der Waals surface area contributed by atoms with Gasteiger partial charge in [0, 0.05) is 6.04 Å². The van der Waals surface area contributed by atoms with E-state index in [1.165, 1.54) is 6.26 Å². The van der Waals surface area contributed by atoms with Gasteiger partial charge in [0.2, 0.25) is 5.78 Å². The third-order valence-corrected chi connectivity index (χ3v) is 2.30. The van der Waals surface area contributed by atoms with E-state index in [2.05, 4.69) is 19.2 Å². The van der Waals surface area contributed by atoms with Crippen molar-refractivity contribution in [2.24, 2.45) is 0 Å². The van der Waals surface area contributed by atoms with Crippen LogP contribution in [0.1, 0.15) is 37.7 Å². The first-order valence-electron chi connectivity index (χ1n) is 4.99. The van der Waals surface area contributed by atoms with Crippen LogP contribution in [0.15, 0.2) is 22.8 Å². The van der Waals surface area contributed by atoms with Gasteiger partial charge in [0.15, 0.2) is 5.76 Å². The molecule has 2 atom stereocenters. The Morgan fingerprint density at radius 3 is 2.67 bits per heavy atom. The molecule has 0 aliphatic rings. The molecule has 2 unspecified atom stereocenters. The van der Waals surface area contributed by atoms with Gasteiger partial charge in [-0.2, -0.15) is 0 Å². The van der Waals surface area contributed by atoms with Gasteiger partial charge in [-0.05, 0) is 32.4 Å². The number of hydrogen-bond acceptors (Lipinski definition) is 3. The SMILES string of the molecule is CCC(C)NC(C)C(=O)c1ccco1.Cl. The first-order valence-corrected chi connectivity index (χ1v) is 4.99. The van der Waals surface area contributed by atoms with Gasteiger partial charge in [-0.15, -0.1) is 12.4 Å². The molecule has 0 spiro atoms. The maximum Gasteiger partial charge on any atom is 0.214 e. The number of carbonyl (C=O) groups excluding carboxylic acids is 1. The normalized spacial score (nSPS) is 14.1. The number of halogens is 1. The average molecular weight is 232 g/mol. The molecule has 86 valence electrons. The van der Waals surface area contributed by atoms with Gasteiger partial charge in [-0.3, -0.25) is 4.79 Å². The molecule has 3 nitrogen and oxygen atoms in total. The fraction of sp³-hybridized carbons (Fsp3) is 0.545. The van der Waals surface area contributed by atoms with E-state index >= 15 is 0 Å². The lowest BCUT2D eigenvalue weighted by atomic mass is 10.1. The Kier molecular flexibility index (Phi) is 6.29. The van der Waals surface area contributed by atoms with Crippen LogP contribution in [-0.4, -0.2) is 17.9 Å². The maximum atomic E-state index is 11.7. The Hall–Kier alpha value is -0.800. The molecule has 1 rings (SSSR count). The first kappa shape index (κ1) is 14.2. The van der Waals surface area contributed by atoms with Crippen LogP contribution in [0.2, 0.25) is 0 Å². The lowest BCUT2D eigenvalue weighted by Gasteiger charge is -2.16. The van der Waals surface area contributed by atoms with Crippen LogP contribution in [0, 0.1) is 0 Å². The van der Waals surface area contributed by atoms with Crippen LogP contribution < -0.4 is 5.32 Å². The molecule has 0 fully saturated rings. The Bertz CT molecular complexity index is 285. The van der Waals surface area contributed by atoms with Gasteiger partial charge < -0.3 is 9.73 Å². The summed E-state index contributed by atoms with van der Waals surface area (Å²) in [6.45, 7) is 6.00. The van der Waals surface area contributed by atoms with Crippen LogP contribution in [0.5, 0.6) is 0 Å². The van der Waals surface area contributed by atoms with Crippen LogP contribution in [0.25, 0.3) is 0 Å². The number of Topliss-reactive ketones (excluding diaryl/α,β-unsaturated/α-hetero) is 1. The number of furan rings is 1. The summed E-state index contributed by atoms with van der Waals surface area (Å²) in [6, 6.07) is 3.58. The Morgan fingerprint density at radius 1 is 1.53 bits per heavy atom. The van der Waals surface area contributed by atoms with Gasteiger partial charge in [0.1, 0.15) is 0 Å². The molecule has 0 aromatic carbocycles. The monoisotopic (exact) mass is 231 g/mol. The van der Waals surface area contributed by atoms with E-state index in [1.807, 2.05) is 6.92 Å². The van der Waals surface area contributed by atoms with E-state index in [1.54, 1.807) is 12.1 Å². The largest absolute Gasteiger partial charge is 0.461 e. The fourth-order valence-corrected chi connectivity index (χ4v) is 1.25. The summed E-state index contributed by atoms with van der Waals surface area (Å²) in [5.74, 6) is 0.434. The lowest BCUT2D eigenvalue weighted by Crippen LogP contribution is -2.39. The van der Waals surface area contributed by atoms with Gasteiger partial charge >= 0.3 is 0 Å². The molecule has 1 heterocycles. The van der Waals surface area contributed by atoms with Gasteiger partial charge in [0.05, 0.1) is 12.3 Å². The zero-order valence-electron chi connectivity index (χ0n) is 9.32. The topological polar surface area (TPSA) is 42.2 Å². The van der Waals surface area contributed by atoms with Crippen LogP contribution in [0.4, 0.5) is 0 Å². The fourth-order valence-electron chi connectivity index (χ4n) is 1.25. The molecular formula is C11H18ClNO2. The summed E-state index contributed by atoms with van der Waals surface area (Å²) < 4.78 is 5.04. The van der Waals surface area contributed by atoms with Crippen molar-refractivity contribution < 1.29 is 9.21 Å².